The number of hydrogen-bond acceptors (Lipinski definition) is 2. The summed E-state index contributed by atoms with van der Waals surface area (Å²) in [6.45, 7) is 4.98. The van der Waals surface area contributed by atoms with Crippen LogP contribution in [0.1, 0.15) is 41.3 Å². The molecule has 94 valence electrons. The van der Waals surface area contributed by atoms with Gasteiger partial charge in [0.2, 0.25) is 0 Å². The van der Waals surface area contributed by atoms with E-state index in [-0.39, 0.29) is 0 Å². The van der Waals surface area contributed by atoms with Crippen molar-refractivity contribution in [3.05, 3.63) is 53.3 Å². The van der Waals surface area contributed by atoms with Gasteiger partial charge in [0.25, 0.3) is 5.91 Å². The summed E-state index contributed by atoms with van der Waals surface area (Å²) >= 11 is 0. The second kappa shape index (κ2) is 5.04. The molecule has 18 heavy (non-hydrogen) atoms. The highest BCUT2D eigenvalue weighted by atomic mass is 16.1. The SMILES string of the molecule is CC(C)c1ccc(Cn2cc(C(N)=O)cn2)cc1. The number of amides is 1. The van der Waals surface area contributed by atoms with Crippen molar-refractivity contribution < 1.29 is 4.79 Å². The van der Waals surface area contributed by atoms with E-state index < -0.39 is 5.91 Å². The van der Waals surface area contributed by atoms with E-state index in [1.54, 1.807) is 10.9 Å². The zero-order chi connectivity index (χ0) is 13.1. The Morgan fingerprint density at radius 3 is 2.50 bits per heavy atom. The second-order valence-corrected chi connectivity index (χ2v) is 4.69. The maximum atomic E-state index is 11.0. The standard InChI is InChI=1S/C14H17N3O/c1-10(2)12-5-3-11(4-6-12)8-17-9-13(7-16-17)14(15)18/h3-7,9-10H,8H2,1-2H3,(H2,15,18). The topological polar surface area (TPSA) is 60.9 Å². The molecule has 0 spiro atoms. The highest BCUT2D eigenvalue weighted by molar-refractivity contribution is 5.92. The van der Waals surface area contributed by atoms with Crippen molar-refractivity contribution in [1.29, 1.82) is 0 Å². The van der Waals surface area contributed by atoms with E-state index in [0.717, 1.165) is 5.56 Å². The molecular formula is C14H17N3O. The first-order valence-electron chi connectivity index (χ1n) is 5.97. The number of nitrogens with two attached hydrogens (primary N) is 1. The normalized spacial score (nSPS) is 10.8. The molecule has 4 nitrogen and oxygen atoms in total. The molecule has 0 saturated carbocycles. The average Bonchev–Trinajstić information content (AvgIpc) is 2.78. The monoisotopic (exact) mass is 243 g/mol. The van der Waals surface area contributed by atoms with E-state index in [1.165, 1.54) is 11.8 Å². The molecule has 0 aliphatic carbocycles. The largest absolute Gasteiger partial charge is 0.366 e. The summed E-state index contributed by atoms with van der Waals surface area (Å²) in [5, 5.41) is 4.11. The Balaban J connectivity index is 2.10. The van der Waals surface area contributed by atoms with Crippen molar-refractivity contribution >= 4 is 5.91 Å². The average molecular weight is 243 g/mol. The lowest BCUT2D eigenvalue weighted by Crippen LogP contribution is -2.09. The summed E-state index contributed by atoms with van der Waals surface area (Å²) in [5.74, 6) is 0.0848. The van der Waals surface area contributed by atoms with Crippen molar-refractivity contribution in [2.75, 3.05) is 0 Å². The van der Waals surface area contributed by atoms with Crippen LogP contribution in [0.5, 0.6) is 0 Å². The van der Waals surface area contributed by atoms with Gasteiger partial charge in [-0.15, -0.1) is 0 Å². The van der Waals surface area contributed by atoms with E-state index >= 15 is 0 Å². The van der Waals surface area contributed by atoms with Crippen LogP contribution >= 0.6 is 0 Å². The van der Waals surface area contributed by atoms with Gasteiger partial charge in [0, 0.05) is 6.20 Å². The maximum absolute atomic E-state index is 11.0. The second-order valence-electron chi connectivity index (χ2n) is 4.69. The van der Waals surface area contributed by atoms with Crippen molar-refractivity contribution in [3.63, 3.8) is 0 Å². The first-order valence-corrected chi connectivity index (χ1v) is 5.97. The van der Waals surface area contributed by atoms with Gasteiger partial charge in [-0.1, -0.05) is 38.1 Å². The van der Waals surface area contributed by atoms with Crippen LogP contribution in [0, 0.1) is 0 Å². The van der Waals surface area contributed by atoms with Gasteiger partial charge in [0.05, 0.1) is 18.3 Å². The molecule has 1 aromatic heterocycles. The third-order valence-electron chi connectivity index (χ3n) is 2.91. The summed E-state index contributed by atoms with van der Waals surface area (Å²) in [7, 11) is 0. The zero-order valence-corrected chi connectivity index (χ0v) is 10.6. The van der Waals surface area contributed by atoms with E-state index in [2.05, 4.69) is 43.2 Å². The molecule has 2 aromatic rings. The van der Waals surface area contributed by atoms with Crippen molar-refractivity contribution in [3.8, 4) is 0 Å². The van der Waals surface area contributed by atoms with Gasteiger partial charge in [-0.3, -0.25) is 9.48 Å². The van der Waals surface area contributed by atoms with Crippen LogP contribution in [-0.2, 0) is 6.54 Å². The molecule has 1 heterocycles. The number of rotatable bonds is 4. The number of carbonyl (C=O) groups excluding carboxylic acids is 1. The first-order chi connectivity index (χ1) is 8.56. The maximum Gasteiger partial charge on any atom is 0.251 e. The van der Waals surface area contributed by atoms with Crippen molar-refractivity contribution in [1.82, 2.24) is 9.78 Å². The van der Waals surface area contributed by atoms with Gasteiger partial charge in [-0.2, -0.15) is 5.10 Å². The van der Waals surface area contributed by atoms with Crippen molar-refractivity contribution in [2.45, 2.75) is 26.3 Å². The molecule has 0 aliphatic heterocycles. The molecular weight excluding hydrogens is 226 g/mol. The van der Waals surface area contributed by atoms with Gasteiger partial charge in [0.15, 0.2) is 0 Å². The van der Waals surface area contributed by atoms with Crippen LogP contribution < -0.4 is 5.73 Å². The van der Waals surface area contributed by atoms with Gasteiger partial charge in [0.1, 0.15) is 0 Å². The Hall–Kier alpha value is -2.10. The van der Waals surface area contributed by atoms with Crippen LogP contribution in [0.4, 0.5) is 0 Å². The molecule has 2 N–H and O–H groups in total. The van der Waals surface area contributed by atoms with Gasteiger partial charge in [-0.05, 0) is 17.0 Å². The fourth-order valence-corrected chi connectivity index (χ4v) is 1.77. The lowest BCUT2D eigenvalue weighted by atomic mass is 10.0. The predicted molar refractivity (Wildman–Crippen MR) is 70.4 cm³/mol. The van der Waals surface area contributed by atoms with Gasteiger partial charge >= 0.3 is 0 Å². The number of carbonyl (C=O) groups is 1. The number of benzene rings is 1. The number of nitrogens with zero attached hydrogens (tertiary/aromatic N) is 2. The minimum atomic E-state index is -0.448. The lowest BCUT2D eigenvalue weighted by Gasteiger charge is -2.07. The quantitative estimate of drug-likeness (QED) is 0.894. The highest BCUT2D eigenvalue weighted by Gasteiger charge is 2.04. The summed E-state index contributed by atoms with van der Waals surface area (Å²) in [5.41, 5.74) is 8.09. The third-order valence-corrected chi connectivity index (χ3v) is 2.91. The Morgan fingerprint density at radius 1 is 1.33 bits per heavy atom. The highest BCUT2D eigenvalue weighted by Crippen LogP contribution is 2.15. The zero-order valence-electron chi connectivity index (χ0n) is 10.6. The Labute approximate surface area is 106 Å². The summed E-state index contributed by atoms with van der Waals surface area (Å²) in [6, 6.07) is 8.42. The van der Waals surface area contributed by atoms with Crippen LogP contribution in [0.3, 0.4) is 0 Å². The summed E-state index contributed by atoms with van der Waals surface area (Å²) < 4.78 is 1.71. The van der Waals surface area contributed by atoms with E-state index in [1.807, 2.05) is 0 Å². The molecule has 0 bridgehead atoms. The van der Waals surface area contributed by atoms with E-state index in [9.17, 15) is 4.79 Å². The smallest absolute Gasteiger partial charge is 0.251 e. The van der Waals surface area contributed by atoms with Crippen LogP contribution in [0.25, 0.3) is 0 Å². The number of aromatic nitrogens is 2. The van der Waals surface area contributed by atoms with Crippen LogP contribution in [-0.4, -0.2) is 15.7 Å². The molecule has 4 heteroatoms. The van der Waals surface area contributed by atoms with Crippen molar-refractivity contribution in [2.24, 2.45) is 5.73 Å². The van der Waals surface area contributed by atoms with Crippen LogP contribution in [0.15, 0.2) is 36.7 Å². The molecule has 0 aliphatic rings. The third kappa shape index (κ3) is 2.77. The molecule has 1 amide bonds. The van der Waals surface area contributed by atoms with Gasteiger partial charge in [-0.25, -0.2) is 0 Å². The fraction of sp³-hybridized carbons (Fsp3) is 0.286. The van der Waals surface area contributed by atoms with E-state index in [0.29, 0.717) is 18.0 Å². The molecule has 0 fully saturated rings. The van der Waals surface area contributed by atoms with E-state index in [4.69, 9.17) is 5.73 Å². The summed E-state index contributed by atoms with van der Waals surface area (Å²) in [6.07, 6.45) is 3.16. The fourth-order valence-electron chi connectivity index (χ4n) is 1.77. The molecule has 2 rings (SSSR count). The predicted octanol–water partition coefficient (Wildman–Crippen LogP) is 2.15. The number of primary amides is 1. The Bertz CT molecular complexity index is 540. The molecule has 0 radical (unpaired) electrons. The molecule has 0 atom stereocenters. The minimum Gasteiger partial charge on any atom is -0.366 e. The summed E-state index contributed by atoms with van der Waals surface area (Å²) in [4.78, 5) is 11.0. The van der Waals surface area contributed by atoms with Gasteiger partial charge < -0.3 is 5.73 Å². The Kier molecular flexibility index (Phi) is 3.46. The minimum absolute atomic E-state index is 0.439. The number of hydrogen-bond donors (Lipinski definition) is 1. The molecule has 1 aromatic carbocycles. The molecule has 0 unspecified atom stereocenters. The lowest BCUT2D eigenvalue weighted by molar-refractivity contribution is 0.1000. The Morgan fingerprint density at radius 2 is 2.00 bits per heavy atom. The van der Waals surface area contributed by atoms with Crippen LogP contribution in [0.2, 0.25) is 0 Å². The molecule has 0 saturated heterocycles. The first kappa shape index (κ1) is 12.4.